The van der Waals surface area contributed by atoms with Crippen molar-refractivity contribution in [2.45, 2.75) is 13.8 Å². The topological polar surface area (TPSA) is 20.0 Å². The summed E-state index contributed by atoms with van der Waals surface area (Å²) in [6.07, 6.45) is 0. The minimum Gasteiger partial charge on any atom is -1.00 e. The molecule has 0 aliphatic rings. The second kappa shape index (κ2) is 4.74. The van der Waals surface area contributed by atoms with Crippen molar-refractivity contribution in [3.63, 3.8) is 0 Å². The van der Waals surface area contributed by atoms with E-state index >= 15 is 0 Å². The van der Waals surface area contributed by atoms with Gasteiger partial charge in [0.2, 0.25) is 5.82 Å². The lowest BCUT2D eigenvalue weighted by Crippen LogP contribution is -3.00. The summed E-state index contributed by atoms with van der Waals surface area (Å²) < 4.78 is 2.08. The van der Waals surface area contributed by atoms with Crippen molar-refractivity contribution < 1.29 is 28.5 Å². The van der Waals surface area contributed by atoms with Gasteiger partial charge in [-0.05, 0) is 11.9 Å². The lowest BCUT2D eigenvalue weighted by molar-refractivity contribution is -0.686. The van der Waals surface area contributed by atoms with Crippen LogP contribution in [0.15, 0.2) is 6.07 Å². The summed E-state index contributed by atoms with van der Waals surface area (Å²) in [5.74, 6) is 2.06. The van der Waals surface area contributed by atoms with Crippen LogP contribution in [-0.2, 0) is 7.05 Å². The first-order chi connectivity index (χ1) is 5.52. The van der Waals surface area contributed by atoms with Crippen LogP contribution in [-0.4, -0.2) is 19.1 Å². The molecule has 0 bridgehead atoms. The molecule has 0 saturated heterocycles. The monoisotopic (exact) mass is 293 g/mol. The number of rotatable bonds is 1. The van der Waals surface area contributed by atoms with Gasteiger partial charge in [-0.1, -0.05) is 0 Å². The Morgan fingerprint density at radius 1 is 1.31 bits per heavy atom. The number of aryl methyl sites for hydroxylation is 2. The van der Waals surface area contributed by atoms with Gasteiger partial charge >= 0.3 is 0 Å². The summed E-state index contributed by atoms with van der Waals surface area (Å²) in [7, 11) is 6.03. The molecule has 0 unspecified atom stereocenters. The number of hydrogen-bond acceptors (Lipinski definition) is 2. The molecule has 1 heterocycles. The van der Waals surface area contributed by atoms with Gasteiger partial charge in [-0.3, -0.25) is 0 Å². The van der Waals surface area contributed by atoms with E-state index in [0.29, 0.717) is 0 Å². The molecule has 0 saturated carbocycles. The first-order valence-electron chi connectivity index (χ1n) is 4.04. The summed E-state index contributed by atoms with van der Waals surface area (Å²) in [4.78, 5) is 6.44. The van der Waals surface area contributed by atoms with Crippen LogP contribution in [0.4, 0.5) is 5.82 Å². The van der Waals surface area contributed by atoms with E-state index in [-0.39, 0.29) is 24.0 Å². The van der Waals surface area contributed by atoms with Gasteiger partial charge in [0.15, 0.2) is 0 Å². The zero-order valence-corrected chi connectivity index (χ0v) is 11.0. The predicted molar refractivity (Wildman–Crippen MR) is 49.2 cm³/mol. The van der Waals surface area contributed by atoms with Crippen molar-refractivity contribution in [3.05, 3.63) is 17.6 Å². The zero-order valence-electron chi connectivity index (χ0n) is 8.80. The largest absolute Gasteiger partial charge is 1.00 e. The summed E-state index contributed by atoms with van der Waals surface area (Å²) in [6, 6.07) is 2.08. The molecule has 0 N–H and O–H groups in total. The van der Waals surface area contributed by atoms with Crippen molar-refractivity contribution in [2.75, 3.05) is 19.0 Å². The van der Waals surface area contributed by atoms with E-state index in [0.717, 1.165) is 11.6 Å². The van der Waals surface area contributed by atoms with E-state index in [1.807, 2.05) is 33.0 Å². The molecule has 4 heteroatoms. The molecular formula is C9H16IN3. The van der Waals surface area contributed by atoms with Gasteiger partial charge in [0, 0.05) is 27.1 Å². The van der Waals surface area contributed by atoms with Crippen LogP contribution in [0.3, 0.4) is 0 Å². The van der Waals surface area contributed by atoms with E-state index in [1.165, 1.54) is 5.69 Å². The maximum atomic E-state index is 4.42. The fraction of sp³-hybridized carbons (Fsp3) is 0.556. The molecule has 0 fully saturated rings. The Bertz CT molecular complexity index is 274. The number of nitrogens with zero attached hydrogens (tertiary/aromatic N) is 3. The van der Waals surface area contributed by atoms with Gasteiger partial charge in [0.25, 0.3) is 5.82 Å². The zero-order chi connectivity index (χ0) is 9.30. The Morgan fingerprint density at radius 2 is 1.85 bits per heavy atom. The lowest BCUT2D eigenvalue weighted by Gasteiger charge is -2.08. The van der Waals surface area contributed by atoms with Crippen LogP contribution in [0.2, 0.25) is 0 Å². The quantitative estimate of drug-likeness (QED) is 0.425. The summed E-state index contributed by atoms with van der Waals surface area (Å²) in [5, 5.41) is 0. The highest BCUT2D eigenvalue weighted by Gasteiger charge is 2.11. The Morgan fingerprint density at radius 3 is 2.23 bits per heavy atom. The SMILES string of the molecule is Cc1cc(N(C)C)nc(C)[n+]1C.[I-]. The maximum Gasteiger partial charge on any atom is 0.297 e. The number of aromatic nitrogens is 2. The second-order valence-corrected chi connectivity index (χ2v) is 3.26. The standard InChI is InChI=1S/C9H16N3.HI/c1-7-6-9(11(3)4)10-8(2)12(7)5;/h6H,1-5H3;1H/q+1;/p-1. The summed E-state index contributed by atoms with van der Waals surface area (Å²) >= 11 is 0. The molecule has 1 aromatic rings. The molecule has 3 nitrogen and oxygen atoms in total. The molecule has 74 valence electrons. The van der Waals surface area contributed by atoms with E-state index < -0.39 is 0 Å². The molecular weight excluding hydrogens is 277 g/mol. The lowest BCUT2D eigenvalue weighted by atomic mass is 10.4. The van der Waals surface area contributed by atoms with Gasteiger partial charge in [0.05, 0.1) is 7.05 Å². The third kappa shape index (κ3) is 2.79. The highest BCUT2D eigenvalue weighted by molar-refractivity contribution is 5.35. The van der Waals surface area contributed by atoms with E-state index in [9.17, 15) is 0 Å². The maximum absolute atomic E-state index is 4.42. The molecule has 13 heavy (non-hydrogen) atoms. The Balaban J connectivity index is 0.00000144. The number of hydrogen-bond donors (Lipinski definition) is 0. The number of halogens is 1. The Hall–Kier alpha value is -0.390. The average molecular weight is 293 g/mol. The van der Waals surface area contributed by atoms with Gasteiger partial charge in [-0.15, -0.1) is 0 Å². The second-order valence-electron chi connectivity index (χ2n) is 3.26. The smallest absolute Gasteiger partial charge is 0.297 e. The molecule has 1 aromatic heterocycles. The minimum absolute atomic E-state index is 0. The van der Waals surface area contributed by atoms with Gasteiger partial charge in [-0.25, -0.2) is 4.57 Å². The van der Waals surface area contributed by atoms with Gasteiger partial charge < -0.3 is 28.9 Å². The summed E-state index contributed by atoms with van der Waals surface area (Å²) in [5.41, 5.74) is 1.23. The molecule has 0 aliphatic heterocycles. The van der Waals surface area contributed by atoms with Crippen molar-refractivity contribution in [2.24, 2.45) is 7.05 Å². The van der Waals surface area contributed by atoms with Gasteiger partial charge in [-0.2, -0.15) is 0 Å². The van der Waals surface area contributed by atoms with E-state index in [2.05, 4.69) is 22.5 Å². The van der Waals surface area contributed by atoms with E-state index in [4.69, 9.17) is 0 Å². The molecule has 0 aromatic carbocycles. The van der Waals surface area contributed by atoms with Crippen molar-refractivity contribution in [3.8, 4) is 0 Å². The number of anilines is 1. The first kappa shape index (κ1) is 12.6. The Labute approximate surface area is 96.8 Å². The highest BCUT2D eigenvalue weighted by atomic mass is 127. The predicted octanol–water partition coefficient (Wildman–Crippen LogP) is -2.41. The fourth-order valence-electron chi connectivity index (χ4n) is 1.04. The van der Waals surface area contributed by atoms with E-state index in [1.54, 1.807) is 0 Å². The highest BCUT2D eigenvalue weighted by Crippen LogP contribution is 2.06. The normalized spacial score (nSPS) is 9.31. The third-order valence-corrected chi connectivity index (χ3v) is 2.09. The van der Waals surface area contributed by atoms with Crippen LogP contribution < -0.4 is 33.4 Å². The molecule has 0 aliphatic carbocycles. The van der Waals surface area contributed by atoms with Crippen LogP contribution in [0, 0.1) is 13.8 Å². The van der Waals surface area contributed by atoms with Gasteiger partial charge in [0.1, 0.15) is 5.69 Å². The molecule has 0 radical (unpaired) electrons. The third-order valence-electron chi connectivity index (χ3n) is 2.09. The molecule has 0 amide bonds. The van der Waals surface area contributed by atoms with Crippen LogP contribution in [0.5, 0.6) is 0 Å². The van der Waals surface area contributed by atoms with Crippen molar-refractivity contribution in [1.29, 1.82) is 0 Å². The molecule has 0 spiro atoms. The Kier molecular flexibility index (Phi) is 4.60. The average Bonchev–Trinajstić information content (AvgIpc) is 1.99. The molecule has 0 atom stereocenters. The minimum atomic E-state index is 0. The van der Waals surface area contributed by atoms with Crippen molar-refractivity contribution >= 4 is 5.82 Å². The van der Waals surface area contributed by atoms with Crippen LogP contribution in [0.1, 0.15) is 11.5 Å². The van der Waals surface area contributed by atoms with Crippen LogP contribution >= 0.6 is 0 Å². The van der Waals surface area contributed by atoms with Crippen LogP contribution in [0.25, 0.3) is 0 Å². The first-order valence-corrected chi connectivity index (χ1v) is 4.04. The van der Waals surface area contributed by atoms with Crippen molar-refractivity contribution in [1.82, 2.24) is 4.98 Å². The fourth-order valence-corrected chi connectivity index (χ4v) is 1.04. The summed E-state index contributed by atoms with van der Waals surface area (Å²) in [6.45, 7) is 4.10. The molecule has 1 rings (SSSR count).